The van der Waals surface area contributed by atoms with Crippen LogP contribution in [0.5, 0.6) is 11.5 Å². The third-order valence-electron chi connectivity index (χ3n) is 4.96. The molecule has 3 heterocycles. The van der Waals surface area contributed by atoms with Crippen LogP contribution >= 0.6 is 0 Å². The number of carbonyl (C=O) groups excluding carboxylic acids is 1. The van der Waals surface area contributed by atoms with Crippen molar-refractivity contribution in [3.63, 3.8) is 0 Å². The molecular weight excluding hydrogens is 352 g/mol. The van der Waals surface area contributed by atoms with Crippen molar-refractivity contribution in [3.05, 3.63) is 34.5 Å². The first-order valence-electron chi connectivity index (χ1n) is 8.93. The van der Waals surface area contributed by atoms with Crippen LogP contribution in [0.25, 0.3) is 5.69 Å². The molecule has 9 heteroatoms. The Balaban J connectivity index is 1.58. The highest BCUT2D eigenvalue weighted by Gasteiger charge is 2.29. The molecule has 0 radical (unpaired) electrons. The van der Waals surface area contributed by atoms with Gasteiger partial charge in [0.25, 0.3) is 0 Å². The Hall–Kier alpha value is -2.81. The first-order chi connectivity index (χ1) is 13.1. The fraction of sp³-hybridized carbons (Fsp3) is 0.500. The molecule has 0 aliphatic carbocycles. The molecule has 1 aromatic carbocycles. The second kappa shape index (κ2) is 7.07. The predicted molar refractivity (Wildman–Crippen MR) is 95.3 cm³/mol. The topological polar surface area (TPSA) is 87.8 Å². The smallest absolute Gasteiger partial charge is 0.351 e. The van der Waals surface area contributed by atoms with E-state index in [2.05, 4.69) is 5.10 Å². The molecule has 27 heavy (non-hydrogen) atoms. The van der Waals surface area contributed by atoms with Crippen LogP contribution in [0.4, 0.5) is 0 Å². The molecule has 9 nitrogen and oxygen atoms in total. The average molecular weight is 374 g/mol. The molecule has 2 aliphatic heterocycles. The van der Waals surface area contributed by atoms with Crippen LogP contribution in [-0.2, 0) is 16.1 Å². The highest BCUT2D eigenvalue weighted by molar-refractivity contribution is 5.76. The highest BCUT2D eigenvalue weighted by atomic mass is 16.7. The van der Waals surface area contributed by atoms with Gasteiger partial charge in [0.15, 0.2) is 11.5 Å². The van der Waals surface area contributed by atoms with E-state index in [-0.39, 0.29) is 31.0 Å². The molecule has 0 bridgehead atoms. The maximum Gasteiger partial charge on any atom is 0.351 e. The van der Waals surface area contributed by atoms with E-state index < -0.39 is 0 Å². The predicted octanol–water partition coefficient (Wildman–Crippen LogP) is 0.709. The van der Waals surface area contributed by atoms with Gasteiger partial charge in [-0.2, -0.15) is 5.10 Å². The van der Waals surface area contributed by atoms with Crippen LogP contribution in [0, 0.1) is 6.92 Å². The van der Waals surface area contributed by atoms with Gasteiger partial charge in [0, 0.05) is 19.7 Å². The summed E-state index contributed by atoms with van der Waals surface area (Å²) < 4.78 is 18.6. The molecule has 144 valence electrons. The van der Waals surface area contributed by atoms with Gasteiger partial charge >= 0.3 is 5.69 Å². The summed E-state index contributed by atoms with van der Waals surface area (Å²) in [5.74, 6) is 1.61. The van der Waals surface area contributed by atoms with E-state index in [9.17, 15) is 9.59 Å². The Morgan fingerprint density at radius 1 is 1.33 bits per heavy atom. The van der Waals surface area contributed by atoms with Gasteiger partial charge in [0.1, 0.15) is 12.4 Å². The minimum Gasteiger partial charge on any atom is -0.454 e. The first-order valence-corrected chi connectivity index (χ1v) is 8.93. The second-order valence-electron chi connectivity index (χ2n) is 6.70. The molecule has 4 rings (SSSR count). The Morgan fingerprint density at radius 2 is 2.15 bits per heavy atom. The summed E-state index contributed by atoms with van der Waals surface area (Å²) in [4.78, 5) is 27.3. The number of amides is 1. The van der Waals surface area contributed by atoms with E-state index in [0.29, 0.717) is 36.2 Å². The lowest BCUT2D eigenvalue weighted by Crippen LogP contribution is -2.41. The van der Waals surface area contributed by atoms with Gasteiger partial charge < -0.3 is 19.1 Å². The Bertz CT molecular complexity index is 919. The van der Waals surface area contributed by atoms with Crippen molar-refractivity contribution in [2.45, 2.75) is 32.4 Å². The van der Waals surface area contributed by atoms with Gasteiger partial charge in [0.2, 0.25) is 12.7 Å². The summed E-state index contributed by atoms with van der Waals surface area (Å²) in [5, 5.41) is 4.28. The van der Waals surface area contributed by atoms with Crippen LogP contribution < -0.4 is 15.2 Å². The summed E-state index contributed by atoms with van der Waals surface area (Å²) in [6.45, 7) is 3.00. The summed E-state index contributed by atoms with van der Waals surface area (Å²) in [7, 11) is 1.63. The molecule has 2 aliphatic rings. The van der Waals surface area contributed by atoms with Crippen LogP contribution in [0.2, 0.25) is 0 Å². The number of aryl methyl sites for hydroxylation is 1. The van der Waals surface area contributed by atoms with Gasteiger partial charge in [0.05, 0.1) is 18.3 Å². The van der Waals surface area contributed by atoms with Crippen molar-refractivity contribution in [3.8, 4) is 17.2 Å². The fourth-order valence-corrected chi connectivity index (χ4v) is 3.69. The lowest BCUT2D eigenvalue weighted by molar-refractivity contribution is -0.133. The molecular formula is C18H22N4O5. The summed E-state index contributed by atoms with van der Waals surface area (Å²) in [6.07, 6.45) is 1.86. The van der Waals surface area contributed by atoms with Gasteiger partial charge in [-0.1, -0.05) is 0 Å². The summed E-state index contributed by atoms with van der Waals surface area (Å²) in [6, 6.07) is 5.33. The zero-order valence-electron chi connectivity index (χ0n) is 15.4. The molecule has 1 atom stereocenters. The highest BCUT2D eigenvalue weighted by Crippen LogP contribution is 2.33. The van der Waals surface area contributed by atoms with Crippen LogP contribution in [-0.4, -0.2) is 58.3 Å². The quantitative estimate of drug-likeness (QED) is 0.766. The molecule has 1 aromatic heterocycles. The van der Waals surface area contributed by atoms with E-state index in [1.165, 1.54) is 9.25 Å². The van der Waals surface area contributed by atoms with E-state index in [4.69, 9.17) is 14.2 Å². The summed E-state index contributed by atoms with van der Waals surface area (Å²) >= 11 is 0. The Morgan fingerprint density at radius 3 is 2.96 bits per heavy atom. The number of nitrogens with zero attached hydrogens (tertiary/aromatic N) is 4. The lowest BCUT2D eigenvalue weighted by atomic mass is 10.2. The summed E-state index contributed by atoms with van der Waals surface area (Å²) in [5.41, 5.74) is 0.265. The molecule has 0 saturated carbocycles. The molecule has 0 N–H and O–H groups in total. The lowest BCUT2D eigenvalue weighted by Gasteiger charge is -2.23. The third-order valence-corrected chi connectivity index (χ3v) is 4.96. The van der Waals surface area contributed by atoms with Crippen LogP contribution in [0.1, 0.15) is 18.7 Å². The van der Waals surface area contributed by atoms with Crippen molar-refractivity contribution >= 4 is 5.91 Å². The molecule has 2 aromatic rings. The number of methoxy groups -OCH3 is 1. The van der Waals surface area contributed by atoms with E-state index in [1.54, 1.807) is 37.1 Å². The van der Waals surface area contributed by atoms with Crippen LogP contribution in [0.3, 0.4) is 0 Å². The van der Waals surface area contributed by atoms with Crippen molar-refractivity contribution in [2.24, 2.45) is 0 Å². The Labute approximate surface area is 156 Å². The number of hydrogen-bond acceptors (Lipinski definition) is 6. The molecule has 0 unspecified atom stereocenters. The fourth-order valence-electron chi connectivity index (χ4n) is 3.69. The van der Waals surface area contributed by atoms with Gasteiger partial charge in [-0.05, 0) is 31.9 Å². The van der Waals surface area contributed by atoms with Crippen LogP contribution in [0.15, 0.2) is 23.0 Å². The monoisotopic (exact) mass is 374 g/mol. The van der Waals surface area contributed by atoms with Crippen molar-refractivity contribution in [1.82, 2.24) is 19.2 Å². The zero-order valence-corrected chi connectivity index (χ0v) is 15.4. The molecule has 1 amide bonds. The number of carbonyl (C=O) groups is 1. The van der Waals surface area contributed by atoms with Crippen molar-refractivity contribution in [2.75, 3.05) is 27.1 Å². The number of likely N-dealkylation sites (tertiary alicyclic amines) is 1. The molecule has 1 fully saturated rings. The third kappa shape index (κ3) is 3.18. The number of ether oxygens (including phenoxy) is 3. The zero-order chi connectivity index (χ0) is 19.0. The first kappa shape index (κ1) is 17.6. The average Bonchev–Trinajstić information content (AvgIpc) is 3.35. The Kier molecular flexibility index (Phi) is 4.61. The molecule has 1 saturated heterocycles. The SMILES string of the molecule is COC[C@@H]1CCCN1C(=O)Cn1nc(C)n(-c2ccc3c(c2)OCO3)c1=O. The normalized spacial score (nSPS) is 18.3. The van der Waals surface area contributed by atoms with Crippen molar-refractivity contribution < 1.29 is 19.0 Å². The minimum absolute atomic E-state index is 0.0650. The minimum atomic E-state index is -0.359. The second-order valence-corrected chi connectivity index (χ2v) is 6.70. The van der Waals surface area contributed by atoms with E-state index in [0.717, 1.165) is 12.8 Å². The number of rotatable bonds is 5. The van der Waals surface area contributed by atoms with Crippen molar-refractivity contribution in [1.29, 1.82) is 0 Å². The van der Waals surface area contributed by atoms with E-state index in [1.807, 2.05) is 0 Å². The largest absolute Gasteiger partial charge is 0.454 e. The number of aromatic nitrogens is 3. The maximum atomic E-state index is 12.8. The standard InChI is InChI=1S/C18H22N4O5/c1-12-19-21(9-17(23)20-7-3-4-14(20)10-25-2)18(24)22(12)13-5-6-15-16(8-13)27-11-26-15/h5-6,8,14H,3-4,7,9-11H2,1-2H3/t14-/m0/s1. The maximum absolute atomic E-state index is 12.8. The van der Waals surface area contributed by atoms with Gasteiger partial charge in [-0.3, -0.25) is 4.79 Å². The van der Waals surface area contributed by atoms with E-state index >= 15 is 0 Å². The number of benzene rings is 1. The van der Waals surface area contributed by atoms with Gasteiger partial charge in [-0.15, -0.1) is 0 Å². The number of fused-ring (bicyclic) bond motifs is 1. The number of hydrogen-bond donors (Lipinski definition) is 0. The molecule has 0 spiro atoms. The van der Waals surface area contributed by atoms with Gasteiger partial charge in [-0.25, -0.2) is 14.0 Å².